The number of carbonyl (C=O) groups is 1. The van der Waals surface area contributed by atoms with E-state index in [4.69, 9.17) is 26.4 Å². The van der Waals surface area contributed by atoms with Gasteiger partial charge in [-0.05, 0) is 54.9 Å². The molecule has 30 heavy (non-hydrogen) atoms. The van der Waals surface area contributed by atoms with Gasteiger partial charge in [0.15, 0.2) is 5.11 Å². The standard InChI is InChI=1S/C22H25N3O4S/c1-27-21(26)17-10-8-16(9-11-17)15-29-20-7-3-2-5-18(20)13-24-25-22(30)23-14-19-6-4-12-28-19/h2-3,5,7-11,13,19H,4,6,12,14-15H2,1H3,(H2,23,25,30)/b24-13-/t19-/m1/s1. The van der Waals surface area contributed by atoms with E-state index >= 15 is 0 Å². The topological polar surface area (TPSA) is 81.2 Å². The van der Waals surface area contributed by atoms with Crippen molar-refractivity contribution in [3.05, 3.63) is 65.2 Å². The van der Waals surface area contributed by atoms with Crippen LogP contribution in [0.15, 0.2) is 53.6 Å². The molecule has 0 radical (unpaired) electrons. The molecule has 0 spiro atoms. The van der Waals surface area contributed by atoms with Crippen molar-refractivity contribution >= 4 is 29.5 Å². The highest BCUT2D eigenvalue weighted by atomic mass is 32.1. The van der Waals surface area contributed by atoms with E-state index in [-0.39, 0.29) is 12.1 Å². The molecule has 2 aromatic rings. The molecule has 1 heterocycles. The van der Waals surface area contributed by atoms with Gasteiger partial charge in [0, 0.05) is 18.7 Å². The lowest BCUT2D eigenvalue weighted by atomic mass is 10.1. The minimum Gasteiger partial charge on any atom is -0.488 e. The number of ether oxygens (including phenoxy) is 3. The van der Waals surface area contributed by atoms with Crippen LogP contribution in [0.3, 0.4) is 0 Å². The Kier molecular flexibility index (Phi) is 8.17. The monoisotopic (exact) mass is 427 g/mol. The van der Waals surface area contributed by atoms with Crippen LogP contribution in [0.1, 0.15) is 34.3 Å². The van der Waals surface area contributed by atoms with Crippen molar-refractivity contribution in [1.82, 2.24) is 10.7 Å². The van der Waals surface area contributed by atoms with Crippen molar-refractivity contribution in [3.63, 3.8) is 0 Å². The first-order valence-corrected chi connectivity index (χ1v) is 10.1. The van der Waals surface area contributed by atoms with Gasteiger partial charge in [0.2, 0.25) is 0 Å². The molecule has 7 nitrogen and oxygen atoms in total. The van der Waals surface area contributed by atoms with Crippen LogP contribution in [0.4, 0.5) is 0 Å². The van der Waals surface area contributed by atoms with E-state index in [0.29, 0.717) is 29.6 Å². The lowest BCUT2D eigenvalue weighted by Crippen LogP contribution is -2.37. The summed E-state index contributed by atoms with van der Waals surface area (Å²) >= 11 is 5.23. The number of hydrogen-bond donors (Lipinski definition) is 2. The highest BCUT2D eigenvalue weighted by Gasteiger charge is 2.15. The molecule has 0 aromatic heterocycles. The fourth-order valence-electron chi connectivity index (χ4n) is 2.95. The number of esters is 1. The molecule has 0 aliphatic carbocycles. The summed E-state index contributed by atoms with van der Waals surface area (Å²) in [5.41, 5.74) is 5.07. The number of methoxy groups -OCH3 is 1. The van der Waals surface area contributed by atoms with Crippen molar-refractivity contribution in [1.29, 1.82) is 0 Å². The van der Waals surface area contributed by atoms with E-state index in [1.165, 1.54) is 7.11 Å². The van der Waals surface area contributed by atoms with Gasteiger partial charge in [-0.2, -0.15) is 5.10 Å². The van der Waals surface area contributed by atoms with Crippen LogP contribution >= 0.6 is 12.2 Å². The molecule has 158 valence electrons. The van der Waals surface area contributed by atoms with Gasteiger partial charge in [-0.3, -0.25) is 5.43 Å². The molecule has 0 unspecified atom stereocenters. The lowest BCUT2D eigenvalue weighted by Gasteiger charge is -2.12. The molecule has 0 saturated carbocycles. The average Bonchev–Trinajstić information content (AvgIpc) is 3.30. The van der Waals surface area contributed by atoms with Crippen LogP contribution in [-0.2, 0) is 16.1 Å². The van der Waals surface area contributed by atoms with E-state index < -0.39 is 0 Å². The lowest BCUT2D eigenvalue weighted by molar-refractivity contribution is 0.0600. The van der Waals surface area contributed by atoms with Gasteiger partial charge in [0.1, 0.15) is 12.4 Å². The second-order valence-electron chi connectivity index (χ2n) is 6.73. The van der Waals surface area contributed by atoms with Gasteiger partial charge >= 0.3 is 5.97 Å². The van der Waals surface area contributed by atoms with Gasteiger partial charge in [0.25, 0.3) is 0 Å². The van der Waals surface area contributed by atoms with Crippen LogP contribution in [0.5, 0.6) is 5.75 Å². The van der Waals surface area contributed by atoms with Crippen LogP contribution < -0.4 is 15.5 Å². The van der Waals surface area contributed by atoms with E-state index in [9.17, 15) is 4.79 Å². The minimum absolute atomic E-state index is 0.213. The van der Waals surface area contributed by atoms with Crippen molar-refractivity contribution in [2.75, 3.05) is 20.3 Å². The predicted octanol–water partition coefficient (Wildman–Crippen LogP) is 3.03. The highest BCUT2D eigenvalue weighted by molar-refractivity contribution is 7.80. The number of hydrazone groups is 1. The number of nitrogens with one attached hydrogen (secondary N) is 2. The van der Waals surface area contributed by atoms with E-state index in [2.05, 4.69) is 15.8 Å². The maximum atomic E-state index is 11.5. The molecule has 1 fully saturated rings. The van der Waals surface area contributed by atoms with Crippen molar-refractivity contribution in [3.8, 4) is 5.75 Å². The van der Waals surface area contributed by atoms with Crippen molar-refractivity contribution in [2.45, 2.75) is 25.6 Å². The summed E-state index contributed by atoms with van der Waals surface area (Å²) in [7, 11) is 1.36. The molecule has 2 aromatic carbocycles. The Labute approximate surface area is 181 Å². The Morgan fingerprint density at radius 1 is 1.27 bits per heavy atom. The van der Waals surface area contributed by atoms with Crippen LogP contribution in [0.25, 0.3) is 0 Å². The molecule has 8 heteroatoms. The zero-order valence-electron chi connectivity index (χ0n) is 16.8. The first-order chi connectivity index (χ1) is 14.7. The highest BCUT2D eigenvalue weighted by Crippen LogP contribution is 2.18. The number of carbonyl (C=O) groups excluding carboxylic acids is 1. The quantitative estimate of drug-likeness (QED) is 0.290. The predicted molar refractivity (Wildman–Crippen MR) is 119 cm³/mol. The molecule has 0 bridgehead atoms. The van der Waals surface area contributed by atoms with Crippen LogP contribution in [-0.4, -0.2) is 43.7 Å². The van der Waals surface area contributed by atoms with Gasteiger partial charge in [0.05, 0.1) is 25.0 Å². The summed E-state index contributed by atoms with van der Waals surface area (Å²) in [4.78, 5) is 11.5. The molecule has 1 aliphatic rings. The zero-order valence-corrected chi connectivity index (χ0v) is 17.6. The minimum atomic E-state index is -0.361. The Bertz CT molecular complexity index is 880. The van der Waals surface area contributed by atoms with E-state index in [1.54, 1.807) is 18.3 Å². The second kappa shape index (κ2) is 11.3. The molecule has 3 rings (SSSR count). The molecule has 1 saturated heterocycles. The number of rotatable bonds is 8. The van der Waals surface area contributed by atoms with Gasteiger partial charge in [-0.1, -0.05) is 24.3 Å². The summed E-state index contributed by atoms with van der Waals surface area (Å²) in [5, 5.41) is 7.75. The summed E-state index contributed by atoms with van der Waals surface area (Å²) < 4.78 is 16.2. The van der Waals surface area contributed by atoms with Gasteiger partial charge in [-0.25, -0.2) is 4.79 Å². The molecular weight excluding hydrogens is 402 g/mol. The fraction of sp³-hybridized carbons (Fsp3) is 0.318. The number of thiocarbonyl (C=S) groups is 1. The summed E-state index contributed by atoms with van der Waals surface area (Å²) in [6, 6.07) is 14.7. The normalized spacial score (nSPS) is 15.7. The first-order valence-electron chi connectivity index (χ1n) is 9.73. The van der Waals surface area contributed by atoms with E-state index in [1.807, 2.05) is 36.4 Å². The van der Waals surface area contributed by atoms with Crippen LogP contribution in [0.2, 0.25) is 0 Å². The fourth-order valence-corrected chi connectivity index (χ4v) is 3.08. The molecule has 1 aliphatic heterocycles. The zero-order chi connectivity index (χ0) is 21.2. The third kappa shape index (κ3) is 6.53. The van der Waals surface area contributed by atoms with Gasteiger partial charge in [-0.15, -0.1) is 0 Å². The summed E-state index contributed by atoms with van der Waals surface area (Å²) in [6.45, 7) is 1.85. The average molecular weight is 428 g/mol. The Morgan fingerprint density at radius 2 is 2.07 bits per heavy atom. The Morgan fingerprint density at radius 3 is 2.80 bits per heavy atom. The summed E-state index contributed by atoms with van der Waals surface area (Å²) in [5.74, 6) is 0.332. The number of nitrogens with zero attached hydrogens (tertiary/aromatic N) is 1. The van der Waals surface area contributed by atoms with Crippen molar-refractivity contribution < 1.29 is 19.0 Å². The van der Waals surface area contributed by atoms with Crippen LogP contribution in [0, 0.1) is 0 Å². The maximum absolute atomic E-state index is 11.5. The Balaban J connectivity index is 1.50. The molecule has 2 N–H and O–H groups in total. The number of para-hydroxylation sites is 1. The Hall–Kier alpha value is -2.97. The number of benzene rings is 2. The second-order valence-corrected chi connectivity index (χ2v) is 7.14. The van der Waals surface area contributed by atoms with Crippen molar-refractivity contribution in [2.24, 2.45) is 5.10 Å². The SMILES string of the molecule is COC(=O)c1ccc(COc2ccccc2/C=N\NC(=S)NC[C@H]2CCCO2)cc1. The third-order valence-corrected chi connectivity index (χ3v) is 4.81. The third-order valence-electron chi connectivity index (χ3n) is 4.57. The smallest absolute Gasteiger partial charge is 0.337 e. The summed E-state index contributed by atoms with van der Waals surface area (Å²) in [6.07, 6.45) is 4.02. The van der Waals surface area contributed by atoms with Gasteiger partial charge < -0.3 is 19.5 Å². The van der Waals surface area contributed by atoms with E-state index in [0.717, 1.165) is 30.6 Å². The largest absolute Gasteiger partial charge is 0.488 e. The molecule has 0 amide bonds. The number of hydrogen-bond acceptors (Lipinski definition) is 6. The molecule has 1 atom stereocenters. The first kappa shape index (κ1) is 21.7. The maximum Gasteiger partial charge on any atom is 0.337 e. The molecular formula is C22H25N3O4S.